The monoisotopic (exact) mass is 371 g/mol. The molecule has 0 aromatic heterocycles. The molecule has 1 heterocycles. The van der Waals surface area contributed by atoms with Crippen molar-refractivity contribution in [1.82, 2.24) is 0 Å². The van der Waals surface area contributed by atoms with Gasteiger partial charge < -0.3 is 14.8 Å². The van der Waals surface area contributed by atoms with E-state index in [9.17, 15) is 14.4 Å². The van der Waals surface area contributed by atoms with Crippen molar-refractivity contribution in [2.75, 3.05) is 18.5 Å². The lowest BCUT2D eigenvalue weighted by Crippen LogP contribution is -2.20. The zero-order valence-electron chi connectivity index (χ0n) is 13.5. The van der Waals surface area contributed by atoms with E-state index >= 15 is 0 Å². The fourth-order valence-corrected chi connectivity index (χ4v) is 2.41. The van der Waals surface area contributed by atoms with Crippen molar-refractivity contribution in [2.24, 2.45) is 0 Å². The van der Waals surface area contributed by atoms with Crippen LogP contribution in [0, 0.1) is 0 Å². The predicted molar refractivity (Wildman–Crippen MR) is 94.8 cm³/mol. The number of carbonyl (C=O) groups excluding carboxylic acids is 3. The number of hydrogen-bond acceptors (Lipinski definition) is 6. The lowest BCUT2D eigenvalue weighted by atomic mass is 10.1. The standard InChI is InChI=1S/C19H14ClNO5/c20-13-8-6-12(7-9-13)15(22)10-26-19(24)17-16(23)11-25-18(17)21-14-4-2-1-3-5-14/h1-9,21H,10-11H2. The van der Waals surface area contributed by atoms with Gasteiger partial charge in [0.25, 0.3) is 0 Å². The van der Waals surface area contributed by atoms with Crippen molar-refractivity contribution in [2.45, 2.75) is 0 Å². The van der Waals surface area contributed by atoms with Crippen LogP contribution in [0.2, 0.25) is 5.02 Å². The van der Waals surface area contributed by atoms with Gasteiger partial charge in [-0.25, -0.2) is 4.79 Å². The summed E-state index contributed by atoms with van der Waals surface area (Å²) in [5.74, 6) is -1.80. The average molecular weight is 372 g/mol. The first-order valence-corrected chi connectivity index (χ1v) is 8.10. The highest BCUT2D eigenvalue weighted by atomic mass is 35.5. The molecule has 0 spiro atoms. The van der Waals surface area contributed by atoms with Crippen molar-refractivity contribution in [3.63, 3.8) is 0 Å². The number of hydrogen-bond donors (Lipinski definition) is 1. The van der Waals surface area contributed by atoms with Crippen LogP contribution in [-0.2, 0) is 19.1 Å². The minimum atomic E-state index is -0.909. The maximum Gasteiger partial charge on any atom is 0.347 e. The molecule has 2 aromatic rings. The summed E-state index contributed by atoms with van der Waals surface area (Å²) in [4.78, 5) is 36.3. The van der Waals surface area contributed by atoms with Gasteiger partial charge in [0.15, 0.2) is 24.6 Å². The second-order valence-electron chi connectivity index (χ2n) is 5.41. The Bertz CT molecular complexity index is 875. The molecule has 1 aliphatic heterocycles. The first-order valence-electron chi connectivity index (χ1n) is 7.73. The fourth-order valence-electron chi connectivity index (χ4n) is 2.29. The van der Waals surface area contributed by atoms with Crippen LogP contribution >= 0.6 is 11.6 Å². The van der Waals surface area contributed by atoms with Gasteiger partial charge in [0, 0.05) is 16.3 Å². The van der Waals surface area contributed by atoms with Crippen LogP contribution in [0.15, 0.2) is 66.1 Å². The van der Waals surface area contributed by atoms with Crippen LogP contribution < -0.4 is 5.32 Å². The Morgan fingerprint density at radius 3 is 2.46 bits per heavy atom. The van der Waals surface area contributed by atoms with Crippen LogP contribution in [0.5, 0.6) is 0 Å². The number of halogens is 1. The van der Waals surface area contributed by atoms with E-state index < -0.39 is 24.1 Å². The van der Waals surface area contributed by atoms with Gasteiger partial charge in [0.05, 0.1) is 0 Å². The SMILES string of the molecule is O=C1COC(Nc2ccccc2)=C1C(=O)OCC(=O)c1ccc(Cl)cc1. The lowest BCUT2D eigenvalue weighted by Gasteiger charge is -2.09. The number of ether oxygens (including phenoxy) is 2. The van der Waals surface area contributed by atoms with Crippen molar-refractivity contribution in [3.8, 4) is 0 Å². The third kappa shape index (κ3) is 4.10. The highest BCUT2D eigenvalue weighted by Gasteiger charge is 2.32. The van der Waals surface area contributed by atoms with Crippen LogP contribution in [0.1, 0.15) is 10.4 Å². The molecule has 0 fully saturated rings. The number of para-hydroxylation sites is 1. The molecule has 3 rings (SSSR count). The molecule has 0 unspecified atom stereocenters. The first-order chi connectivity index (χ1) is 12.5. The number of benzene rings is 2. The maximum atomic E-state index is 12.3. The molecular weight excluding hydrogens is 358 g/mol. The molecule has 0 atom stereocenters. The van der Waals surface area contributed by atoms with Gasteiger partial charge in [0.2, 0.25) is 11.7 Å². The molecule has 0 aliphatic carbocycles. The number of esters is 1. The smallest absolute Gasteiger partial charge is 0.347 e. The van der Waals surface area contributed by atoms with Gasteiger partial charge in [-0.1, -0.05) is 29.8 Å². The normalized spacial score (nSPS) is 13.3. The van der Waals surface area contributed by atoms with Crippen LogP contribution in [0.3, 0.4) is 0 Å². The van der Waals surface area contributed by atoms with E-state index in [2.05, 4.69) is 5.32 Å². The largest absolute Gasteiger partial charge is 0.470 e. The maximum absolute atomic E-state index is 12.3. The molecule has 1 N–H and O–H groups in total. The Balaban J connectivity index is 1.68. The Morgan fingerprint density at radius 2 is 1.77 bits per heavy atom. The Morgan fingerprint density at radius 1 is 1.08 bits per heavy atom. The van der Waals surface area contributed by atoms with Gasteiger partial charge >= 0.3 is 5.97 Å². The number of carbonyl (C=O) groups is 3. The van der Waals surface area contributed by atoms with Crippen molar-refractivity contribution < 1.29 is 23.9 Å². The lowest BCUT2D eigenvalue weighted by molar-refractivity contribution is -0.139. The quantitative estimate of drug-likeness (QED) is 0.477. The molecule has 0 saturated heterocycles. The summed E-state index contributed by atoms with van der Waals surface area (Å²) in [7, 11) is 0. The van der Waals surface area contributed by atoms with Crippen molar-refractivity contribution in [1.29, 1.82) is 0 Å². The highest BCUT2D eigenvalue weighted by molar-refractivity contribution is 6.30. The molecule has 2 aromatic carbocycles. The average Bonchev–Trinajstić information content (AvgIpc) is 3.01. The van der Waals surface area contributed by atoms with Crippen molar-refractivity contribution in [3.05, 3.63) is 76.6 Å². The Hall–Kier alpha value is -3.12. The Labute approximate surface area is 154 Å². The summed E-state index contributed by atoms with van der Waals surface area (Å²) in [6.07, 6.45) is 0. The molecule has 0 amide bonds. The van der Waals surface area contributed by atoms with E-state index in [1.165, 1.54) is 12.1 Å². The summed E-state index contributed by atoms with van der Waals surface area (Å²) in [5, 5.41) is 3.36. The number of ketones is 2. The summed E-state index contributed by atoms with van der Waals surface area (Å²) in [6, 6.07) is 15.1. The van der Waals surface area contributed by atoms with Crippen LogP contribution in [-0.4, -0.2) is 30.7 Å². The first kappa shape index (κ1) is 17.7. The molecule has 6 nitrogen and oxygen atoms in total. The van der Waals surface area contributed by atoms with Gasteiger partial charge in [0.1, 0.15) is 0 Å². The molecule has 0 bridgehead atoms. The minimum Gasteiger partial charge on any atom is -0.470 e. The zero-order valence-corrected chi connectivity index (χ0v) is 14.3. The second kappa shape index (κ2) is 7.84. The van der Waals surface area contributed by atoms with Crippen molar-refractivity contribution >= 4 is 34.8 Å². The van der Waals surface area contributed by atoms with E-state index in [1.807, 2.05) is 6.07 Å². The number of nitrogens with one attached hydrogen (secondary N) is 1. The van der Waals surface area contributed by atoms with Gasteiger partial charge in [-0.3, -0.25) is 9.59 Å². The topological polar surface area (TPSA) is 81.7 Å². The third-order valence-corrected chi connectivity index (χ3v) is 3.84. The molecule has 1 aliphatic rings. The summed E-state index contributed by atoms with van der Waals surface area (Å²) < 4.78 is 10.2. The van der Waals surface area contributed by atoms with E-state index in [0.717, 1.165) is 0 Å². The van der Waals surface area contributed by atoms with Crippen LogP contribution in [0.25, 0.3) is 0 Å². The van der Waals surface area contributed by atoms with Crippen LogP contribution in [0.4, 0.5) is 5.69 Å². The molecule has 132 valence electrons. The fraction of sp³-hybridized carbons (Fsp3) is 0.105. The number of rotatable bonds is 6. The summed E-state index contributed by atoms with van der Waals surface area (Å²) in [6.45, 7) is -0.749. The number of anilines is 1. The molecule has 7 heteroatoms. The van der Waals surface area contributed by atoms with E-state index in [1.54, 1.807) is 36.4 Å². The van der Waals surface area contributed by atoms with E-state index in [4.69, 9.17) is 21.1 Å². The molecular formula is C19H14ClNO5. The van der Waals surface area contributed by atoms with Gasteiger partial charge in [-0.15, -0.1) is 0 Å². The summed E-state index contributed by atoms with van der Waals surface area (Å²) in [5.41, 5.74) is 0.769. The summed E-state index contributed by atoms with van der Waals surface area (Å²) >= 11 is 5.77. The third-order valence-electron chi connectivity index (χ3n) is 3.59. The zero-order chi connectivity index (χ0) is 18.5. The van der Waals surface area contributed by atoms with E-state index in [-0.39, 0.29) is 18.1 Å². The number of Topliss-reactive ketones (excluding diaryl/α,β-unsaturated/α-hetero) is 2. The molecule has 0 radical (unpaired) electrons. The van der Waals surface area contributed by atoms with E-state index in [0.29, 0.717) is 16.3 Å². The Kier molecular flexibility index (Phi) is 5.34. The highest BCUT2D eigenvalue weighted by Crippen LogP contribution is 2.20. The predicted octanol–water partition coefficient (Wildman–Crippen LogP) is 2.99. The van der Waals surface area contributed by atoms with Gasteiger partial charge in [-0.2, -0.15) is 0 Å². The molecule has 0 saturated carbocycles. The molecule has 26 heavy (non-hydrogen) atoms. The second-order valence-corrected chi connectivity index (χ2v) is 5.85. The minimum absolute atomic E-state index is 0.0186. The van der Waals surface area contributed by atoms with Gasteiger partial charge in [-0.05, 0) is 36.4 Å².